The summed E-state index contributed by atoms with van der Waals surface area (Å²) in [6.45, 7) is 2.24. The second-order valence-electron chi connectivity index (χ2n) is 5.89. The topological polar surface area (TPSA) is 0 Å². The fourth-order valence-electron chi connectivity index (χ4n) is 3.76. The van der Waals surface area contributed by atoms with E-state index in [0.29, 0.717) is 10.8 Å². The Hall–Kier alpha value is -0.490. The lowest BCUT2D eigenvalue weighted by Gasteiger charge is -2.71. The molecule has 0 aliphatic heterocycles. The van der Waals surface area contributed by atoms with Crippen LogP contribution in [0.2, 0.25) is 0 Å². The van der Waals surface area contributed by atoms with Gasteiger partial charge in [0.25, 0.3) is 0 Å². The third-order valence-electron chi connectivity index (χ3n) is 4.53. The minimum atomic E-state index is 0.527. The van der Waals surface area contributed by atoms with Gasteiger partial charge in [0.1, 0.15) is 0 Å². The first-order valence-electron chi connectivity index (χ1n) is 6.37. The van der Waals surface area contributed by atoms with Crippen LogP contribution in [0.15, 0.2) is 24.3 Å². The molecule has 4 rings (SSSR count). The number of benzene rings is 1. The van der Waals surface area contributed by atoms with Crippen molar-refractivity contribution in [2.45, 2.75) is 44.4 Å². The summed E-state index contributed by atoms with van der Waals surface area (Å²) in [5.41, 5.74) is 4.09. The van der Waals surface area contributed by atoms with Gasteiger partial charge in [0.15, 0.2) is 0 Å². The van der Waals surface area contributed by atoms with Crippen molar-refractivity contribution < 1.29 is 0 Å². The third-order valence-corrected chi connectivity index (χ3v) is 5.10. The molecule has 1 heteroatoms. The Balaban J connectivity index is 1.73. The lowest BCUT2D eigenvalue weighted by Crippen LogP contribution is -2.65. The highest BCUT2D eigenvalue weighted by atomic mass is 35.5. The van der Waals surface area contributed by atoms with Crippen molar-refractivity contribution in [2.24, 2.45) is 5.41 Å². The molecule has 16 heavy (non-hydrogen) atoms. The van der Waals surface area contributed by atoms with Crippen LogP contribution in [0.1, 0.15) is 43.7 Å². The van der Waals surface area contributed by atoms with Crippen LogP contribution >= 0.6 is 11.6 Å². The van der Waals surface area contributed by atoms with E-state index in [1.165, 1.54) is 37.7 Å². The highest BCUT2D eigenvalue weighted by molar-refractivity contribution is 6.18. The van der Waals surface area contributed by atoms with Gasteiger partial charge in [-0.05, 0) is 47.6 Å². The first-order chi connectivity index (χ1) is 7.72. The first kappa shape index (κ1) is 10.7. The Morgan fingerprint density at radius 2 is 1.75 bits per heavy atom. The van der Waals surface area contributed by atoms with Crippen LogP contribution in [0.3, 0.4) is 0 Å². The van der Waals surface area contributed by atoms with Crippen molar-refractivity contribution in [2.75, 3.05) is 5.88 Å². The largest absolute Gasteiger partial charge is 0.126 e. The van der Waals surface area contributed by atoms with Gasteiger partial charge in [-0.1, -0.05) is 37.6 Å². The minimum Gasteiger partial charge on any atom is -0.126 e. The second-order valence-corrected chi connectivity index (χ2v) is 6.16. The first-order valence-corrected chi connectivity index (χ1v) is 6.91. The standard InChI is InChI=1S/C15H19Cl/c1-2-3-12-4-6-13(7-5-12)15-8-14(9-15,10-15)11-16/h4-7H,2-3,8-11H2,1H3. The van der Waals surface area contributed by atoms with Crippen molar-refractivity contribution in [1.29, 1.82) is 0 Å². The number of hydrogen-bond donors (Lipinski definition) is 0. The van der Waals surface area contributed by atoms with Gasteiger partial charge in [-0.25, -0.2) is 0 Å². The van der Waals surface area contributed by atoms with Crippen LogP contribution in [0.25, 0.3) is 0 Å². The Labute approximate surface area is 103 Å². The van der Waals surface area contributed by atoms with Gasteiger partial charge in [-0.15, -0.1) is 11.6 Å². The average Bonchev–Trinajstić information content (AvgIpc) is 2.18. The second kappa shape index (κ2) is 3.50. The molecule has 0 spiro atoms. The van der Waals surface area contributed by atoms with Gasteiger partial charge in [-0.3, -0.25) is 0 Å². The molecule has 0 atom stereocenters. The number of halogens is 1. The molecular formula is C15H19Cl. The quantitative estimate of drug-likeness (QED) is 0.682. The predicted molar refractivity (Wildman–Crippen MR) is 69.1 cm³/mol. The highest BCUT2D eigenvalue weighted by Gasteiger charge is 2.67. The van der Waals surface area contributed by atoms with Crippen LogP contribution < -0.4 is 0 Å². The monoisotopic (exact) mass is 234 g/mol. The van der Waals surface area contributed by atoms with Crippen molar-refractivity contribution in [3.63, 3.8) is 0 Å². The van der Waals surface area contributed by atoms with Crippen LogP contribution in [0.4, 0.5) is 0 Å². The van der Waals surface area contributed by atoms with Crippen molar-refractivity contribution in [3.05, 3.63) is 35.4 Å². The molecule has 3 saturated carbocycles. The van der Waals surface area contributed by atoms with Crippen LogP contribution in [0, 0.1) is 5.41 Å². The molecule has 1 aromatic rings. The summed E-state index contributed by atoms with van der Waals surface area (Å²) in [5.74, 6) is 0.864. The Morgan fingerprint density at radius 3 is 2.25 bits per heavy atom. The molecule has 0 nitrogen and oxygen atoms in total. The molecule has 0 aromatic heterocycles. The van der Waals surface area contributed by atoms with E-state index in [1.807, 2.05) is 0 Å². The zero-order valence-electron chi connectivity index (χ0n) is 9.93. The lowest BCUT2D eigenvalue weighted by atomic mass is 9.34. The van der Waals surface area contributed by atoms with E-state index in [0.717, 1.165) is 5.88 Å². The van der Waals surface area contributed by atoms with Crippen LogP contribution in [-0.2, 0) is 11.8 Å². The summed E-state index contributed by atoms with van der Waals surface area (Å²) < 4.78 is 0. The molecule has 0 heterocycles. The molecule has 3 aliphatic rings. The molecular weight excluding hydrogens is 216 g/mol. The number of alkyl halides is 1. The van der Waals surface area contributed by atoms with E-state index in [9.17, 15) is 0 Å². The van der Waals surface area contributed by atoms with E-state index in [-0.39, 0.29) is 0 Å². The molecule has 0 unspecified atom stereocenters. The minimum absolute atomic E-state index is 0.527. The summed E-state index contributed by atoms with van der Waals surface area (Å²) in [4.78, 5) is 0. The molecule has 2 bridgehead atoms. The third kappa shape index (κ3) is 1.35. The van der Waals surface area contributed by atoms with Gasteiger partial charge >= 0.3 is 0 Å². The maximum Gasteiger partial charge on any atom is 0.0280 e. The maximum absolute atomic E-state index is 6.00. The summed E-state index contributed by atoms with van der Waals surface area (Å²) in [6, 6.07) is 9.32. The molecule has 0 radical (unpaired) electrons. The van der Waals surface area contributed by atoms with Gasteiger partial charge in [0.05, 0.1) is 0 Å². The van der Waals surface area contributed by atoms with Crippen molar-refractivity contribution in [1.82, 2.24) is 0 Å². The van der Waals surface area contributed by atoms with E-state index in [2.05, 4.69) is 31.2 Å². The molecule has 0 N–H and O–H groups in total. The zero-order valence-corrected chi connectivity index (χ0v) is 10.7. The molecule has 3 aliphatic carbocycles. The SMILES string of the molecule is CCCc1ccc(C23CC(CCl)(C2)C3)cc1. The van der Waals surface area contributed by atoms with E-state index in [4.69, 9.17) is 11.6 Å². The fourth-order valence-corrected chi connectivity index (χ4v) is 4.04. The highest BCUT2D eigenvalue weighted by Crippen LogP contribution is 2.73. The summed E-state index contributed by atoms with van der Waals surface area (Å²) in [6.07, 6.45) is 6.43. The van der Waals surface area contributed by atoms with Crippen LogP contribution in [0.5, 0.6) is 0 Å². The summed E-state index contributed by atoms with van der Waals surface area (Å²) in [5, 5.41) is 0. The van der Waals surface area contributed by atoms with E-state index >= 15 is 0 Å². The van der Waals surface area contributed by atoms with Gasteiger partial charge in [-0.2, -0.15) is 0 Å². The fraction of sp³-hybridized carbons (Fsp3) is 0.600. The predicted octanol–water partition coefficient (Wildman–Crippen LogP) is 4.30. The lowest BCUT2D eigenvalue weighted by molar-refractivity contribution is -0.122. The van der Waals surface area contributed by atoms with Crippen molar-refractivity contribution >= 4 is 11.6 Å². The molecule has 0 saturated heterocycles. The average molecular weight is 235 g/mol. The number of rotatable bonds is 4. The van der Waals surface area contributed by atoms with Crippen LogP contribution in [-0.4, -0.2) is 5.88 Å². The molecule has 1 aromatic carbocycles. The van der Waals surface area contributed by atoms with Gasteiger partial charge in [0.2, 0.25) is 0 Å². The maximum atomic E-state index is 6.00. The number of hydrogen-bond acceptors (Lipinski definition) is 0. The zero-order chi connectivity index (χ0) is 11.2. The molecule has 3 fully saturated rings. The Morgan fingerprint density at radius 1 is 1.12 bits per heavy atom. The Kier molecular flexibility index (Phi) is 2.33. The molecule has 0 amide bonds. The normalized spacial score (nSPS) is 35.4. The summed E-state index contributed by atoms with van der Waals surface area (Å²) in [7, 11) is 0. The van der Waals surface area contributed by atoms with E-state index in [1.54, 1.807) is 5.56 Å². The van der Waals surface area contributed by atoms with Crippen molar-refractivity contribution in [3.8, 4) is 0 Å². The van der Waals surface area contributed by atoms with Gasteiger partial charge in [0, 0.05) is 5.88 Å². The summed E-state index contributed by atoms with van der Waals surface area (Å²) >= 11 is 6.00. The van der Waals surface area contributed by atoms with Gasteiger partial charge < -0.3 is 0 Å². The Bertz CT molecular complexity index is 371. The van der Waals surface area contributed by atoms with E-state index < -0.39 is 0 Å². The molecule has 86 valence electrons. The smallest absolute Gasteiger partial charge is 0.0280 e. The number of aryl methyl sites for hydroxylation is 1.